The van der Waals surface area contributed by atoms with Gasteiger partial charge in [0.05, 0.1) is 0 Å². The molecule has 0 aromatic carbocycles. The number of rotatable bonds is 0. The van der Waals surface area contributed by atoms with Crippen molar-refractivity contribution in [1.82, 2.24) is 0 Å². The molecule has 0 N–H and O–H groups in total. The maximum Gasteiger partial charge on any atom is 0.0191 e. The predicted molar refractivity (Wildman–Crippen MR) is 72.7 cm³/mol. The summed E-state index contributed by atoms with van der Waals surface area (Å²) in [5.41, 5.74) is 2.55. The second kappa shape index (κ2) is 3.16. The second-order valence-electron chi connectivity index (χ2n) is 7.19. The third-order valence-electron chi connectivity index (χ3n) is 6.03. The lowest BCUT2D eigenvalue weighted by Crippen LogP contribution is -2.33. The van der Waals surface area contributed by atoms with Gasteiger partial charge >= 0.3 is 0 Å². The molecule has 3 fully saturated rings. The highest BCUT2D eigenvalue weighted by atomic mass is 79.9. The Morgan fingerprint density at radius 2 is 1.88 bits per heavy atom. The molecule has 0 aromatic rings. The first-order chi connectivity index (χ1) is 7.38. The monoisotopic (exact) mass is 282 g/mol. The molecule has 3 aliphatic rings. The van der Waals surface area contributed by atoms with Crippen molar-refractivity contribution in [2.75, 3.05) is 0 Å². The molecular formula is C15H23Br. The van der Waals surface area contributed by atoms with E-state index in [1.807, 2.05) is 0 Å². The quantitative estimate of drug-likeness (QED) is 0.443. The summed E-state index contributed by atoms with van der Waals surface area (Å²) in [7, 11) is 0. The summed E-state index contributed by atoms with van der Waals surface area (Å²) >= 11 is 3.96. The van der Waals surface area contributed by atoms with Gasteiger partial charge < -0.3 is 0 Å². The largest absolute Gasteiger partial charge is 0.0990 e. The molecule has 0 heterocycles. The Kier molecular flexibility index (Phi) is 2.23. The van der Waals surface area contributed by atoms with Crippen LogP contribution in [0.2, 0.25) is 0 Å². The highest BCUT2D eigenvalue weighted by Gasteiger charge is 2.64. The molecule has 0 aromatic heterocycles. The van der Waals surface area contributed by atoms with Crippen LogP contribution in [-0.4, -0.2) is 4.83 Å². The molecule has 0 amide bonds. The first kappa shape index (κ1) is 11.3. The minimum atomic E-state index is 0.440. The van der Waals surface area contributed by atoms with E-state index >= 15 is 0 Å². The lowest BCUT2D eigenvalue weighted by atomic mass is 9.69. The average Bonchev–Trinajstić information content (AvgIpc) is 2.58. The van der Waals surface area contributed by atoms with E-state index in [0.717, 1.165) is 22.6 Å². The molecule has 3 aliphatic carbocycles. The van der Waals surface area contributed by atoms with Crippen LogP contribution in [0.15, 0.2) is 12.2 Å². The van der Waals surface area contributed by atoms with Crippen LogP contribution in [0.3, 0.4) is 0 Å². The summed E-state index contributed by atoms with van der Waals surface area (Å²) < 4.78 is 0. The van der Waals surface area contributed by atoms with Gasteiger partial charge in [-0.1, -0.05) is 55.3 Å². The fraction of sp³-hybridized carbons (Fsp3) is 0.867. The van der Waals surface area contributed by atoms with Gasteiger partial charge in [-0.15, -0.1) is 0 Å². The van der Waals surface area contributed by atoms with Crippen molar-refractivity contribution in [3.05, 3.63) is 12.2 Å². The van der Waals surface area contributed by atoms with E-state index in [1.54, 1.807) is 5.57 Å². The maximum absolute atomic E-state index is 4.47. The highest BCUT2D eigenvalue weighted by Crippen LogP contribution is 2.71. The van der Waals surface area contributed by atoms with Crippen LogP contribution >= 0.6 is 15.9 Å². The van der Waals surface area contributed by atoms with Crippen molar-refractivity contribution >= 4 is 15.9 Å². The fourth-order valence-corrected chi connectivity index (χ4v) is 6.55. The van der Waals surface area contributed by atoms with E-state index in [1.165, 1.54) is 25.7 Å². The normalized spacial score (nSPS) is 54.1. The Hall–Kier alpha value is 0.220. The molecule has 4 bridgehead atoms. The van der Waals surface area contributed by atoms with E-state index in [-0.39, 0.29) is 0 Å². The summed E-state index contributed by atoms with van der Waals surface area (Å²) in [6, 6.07) is 0. The Bertz CT molecular complexity index is 343. The van der Waals surface area contributed by atoms with Crippen LogP contribution in [0, 0.1) is 28.6 Å². The molecule has 0 spiro atoms. The standard InChI is InChI=1S/C15H23Br/c1-9-10-8-11(16)13-12(10)14(2,3)6-5-7-15(9,13)4/h10-13H,1,5-8H2,2-4H3/t10-,11?,12+,13-,15-/m1/s1. The van der Waals surface area contributed by atoms with E-state index in [0.29, 0.717) is 10.8 Å². The Labute approximate surface area is 108 Å². The Morgan fingerprint density at radius 3 is 2.56 bits per heavy atom. The molecule has 1 unspecified atom stereocenters. The van der Waals surface area contributed by atoms with Crippen LogP contribution in [0.1, 0.15) is 46.5 Å². The first-order valence-electron chi connectivity index (χ1n) is 6.71. The van der Waals surface area contributed by atoms with Gasteiger partial charge in [0.2, 0.25) is 0 Å². The summed E-state index contributed by atoms with van der Waals surface area (Å²) in [6.07, 6.45) is 5.51. The lowest BCUT2D eigenvalue weighted by molar-refractivity contribution is 0.144. The molecule has 0 radical (unpaired) electrons. The molecule has 0 aliphatic heterocycles. The van der Waals surface area contributed by atoms with Gasteiger partial charge in [-0.3, -0.25) is 0 Å². The van der Waals surface area contributed by atoms with Gasteiger partial charge in [-0.25, -0.2) is 0 Å². The van der Waals surface area contributed by atoms with Gasteiger partial charge in [-0.2, -0.15) is 0 Å². The fourth-order valence-electron chi connectivity index (χ4n) is 5.24. The topological polar surface area (TPSA) is 0 Å². The third-order valence-corrected chi connectivity index (χ3v) is 6.97. The van der Waals surface area contributed by atoms with E-state index < -0.39 is 0 Å². The molecule has 1 heteroatoms. The SMILES string of the molecule is C=C1[C@H]2CC(Br)[C@@H]3[C@H]2C(C)(C)CCC[C@]13C. The molecule has 16 heavy (non-hydrogen) atoms. The lowest BCUT2D eigenvalue weighted by Gasteiger charge is -2.38. The van der Waals surface area contributed by atoms with Crippen molar-refractivity contribution in [3.8, 4) is 0 Å². The second-order valence-corrected chi connectivity index (χ2v) is 8.37. The summed E-state index contributed by atoms with van der Waals surface area (Å²) in [4.78, 5) is 0.746. The van der Waals surface area contributed by atoms with Crippen molar-refractivity contribution in [2.45, 2.75) is 51.3 Å². The van der Waals surface area contributed by atoms with Crippen molar-refractivity contribution < 1.29 is 0 Å². The Morgan fingerprint density at radius 1 is 1.19 bits per heavy atom. The molecule has 0 nitrogen and oxygen atoms in total. The zero-order valence-electron chi connectivity index (χ0n) is 10.7. The Balaban J connectivity index is 2.12. The van der Waals surface area contributed by atoms with Crippen LogP contribution < -0.4 is 0 Å². The molecular weight excluding hydrogens is 260 g/mol. The first-order valence-corrected chi connectivity index (χ1v) is 7.63. The van der Waals surface area contributed by atoms with Gasteiger partial charge in [0.1, 0.15) is 0 Å². The van der Waals surface area contributed by atoms with Crippen LogP contribution in [0.5, 0.6) is 0 Å². The summed E-state index contributed by atoms with van der Waals surface area (Å²) in [5.74, 6) is 2.54. The molecule has 5 atom stereocenters. The molecule has 90 valence electrons. The summed E-state index contributed by atoms with van der Waals surface area (Å²) in [5, 5.41) is 0. The van der Waals surface area contributed by atoms with Crippen LogP contribution in [-0.2, 0) is 0 Å². The maximum atomic E-state index is 4.47. The predicted octanol–water partition coefficient (Wildman–Crippen LogP) is 4.79. The average molecular weight is 283 g/mol. The number of hydrogen-bond acceptors (Lipinski definition) is 0. The zero-order valence-corrected chi connectivity index (χ0v) is 12.3. The smallest absolute Gasteiger partial charge is 0.0191 e. The van der Waals surface area contributed by atoms with Crippen molar-refractivity contribution in [2.24, 2.45) is 28.6 Å². The number of halogens is 1. The van der Waals surface area contributed by atoms with Gasteiger partial charge in [0, 0.05) is 4.83 Å². The highest BCUT2D eigenvalue weighted by molar-refractivity contribution is 9.09. The summed E-state index contributed by atoms with van der Waals surface area (Å²) in [6.45, 7) is 11.9. The van der Waals surface area contributed by atoms with Crippen molar-refractivity contribution in [1.29, 1.82) is 0 Å². The van der Waals surface area contributed by atoms with Gasteiger partial charge in [-0.05, 0) is 47.8 Å². The molecule has 0 saturated heterocycles. The molecule has 3 saturated carbocycles. The van der Waals surface area contributed by atoms with Gasteiger partial charge in [0.25, 0.3) is 0 Å². The van der Waals surface area contributed by atoms with Crippen LogP contribution in [0.4, 0.5) is 0 Å². The van der Waals surface area contributed by atoms with E-state index in [4.69, 9.17) is 0 Å². The van der Waals surface area contributed by atoms with Crippen LogP contribution in [0.25, 0.3) is 0 Å². The zero-order chi connectivity index (χ0) is 11.7. The van der Waals surface area contributed by atoms with E-state index in [2.05, 4.69) is 43.3 Å². The number of hydrogen-bond donors (Lipinski definition) is 0. The third kappa shape index (κ3) is 1.16. The molecule has 3 rings (SSSR count). The minimum Gasteiger partial charge on any atom is -0.0990 e. The van der Waals surface area contributed by atoms with Gasteiger partial charge in [0.15, 0.2) is 0 Å². The minimum absolute atomic E-state index is 0.440. The number of alkyl halides is 1. The van der Waals surface area contributed by atoms with E-state index in [9.17, 15) is 0 Å². The van der Waals surface area contributed by atoms with Crippen molar-refractivity contribution in [3.63, 3.8) is 0 Å². The number of allylic oxidation sites excluding steroid dienone is 1.